The molecular weight excluding hydrogens is 378 g/mol. The molecule has 0 spiro atoms. The number of hydrogen-bond donors (Lipinski definition) is 2. The van der Waals surface area contributed by atoms with Gasteiger partial charge in [0, 0.05) is 0 Å². The molecule has 2 aromatic heterocycles. The molecule has 4 rings (SSSR count). The maximum absolute atomic E-state index is 12.9. The molecule has 1 aliphatic rings. The van der Waals surface area contributed by atoms with Crippen LogP contribution in [0.3, 0.4) is 0 Å². The fourth-order valence-corrected chi connectivity index (χ4v) is 4.17. The van der Waals surface area contributed by atoms with Gasteiger partial charge in [0.1, 0.15) is 11.9 Å². The van der Waals surface area contributed by atoms with Crippen LogP contribution in [0, 0.1) is 11.3 Å². The number of carbonyl (C=O) groups excluding carboxylic acids is 1. The summed E-state index contributed by atoms with van der Waals surface area (Å²) in [6.07, 6.45) is 4.49. The lowest BCUT2D eigenvalue weighted by atomic mass is 10.0. The number of rotatable bonds is 5. The minimum Gasteiger partial charge on any atom is -0.337 e. The summed E-state index contributed by atoms with van der Waals surface area (Å²) in [6.45, 7) is 0. The number of amides is 1. The normalized spacial score (nSPS) is 15.4. The van der Waals surface area contributed by atoms with E-state index in [4.69, 9.17) is 0 Å². The van der Waals surface area contributed by atoms with Crippen molar-refractivity contribution in [1.29, 1.82) is 5.26 Å². The predicted molar refractivity (Wildman–Crippen MR) is 103 cm³/mol. The molecule has 0 atom stereocenters. The monoisotopic (exact) mass is 395 g/mol. The number of nitriles is 1. The Morgan fingerprint density at radius 1 is 1.36 bits per heavy atom. The fourth-order valence-electron chi connectivity index (χ4n) is 3.38. The van der Waals surface area contributed by atoms with Crippen LogP contribution in [0.2, 0.25) is 0 Å². The van der Waals surface area contributed by atoms with Crippen LogP contribution in [0.1, 0.15) is 25.7 Å². The van der Waals surface area contributed by atoms with Gasteiger partial charge >= 0.3 is 0 Å². The van der Waals surface area contributed by atoms with Gasteiger partial charge in [-0.25, -0.2) is 14.6 Å². The van der Waals surface area contributed by atoms with Crippen molar-refractivity contribution in [2.75, 3.05) is 5.75 Å². The molecule has 28 heavy (non-hydrogen) atoms. The standard InChI is InChI=1S/C18H17N7O2S/c19-10-18(7-3-4-8-18)23-14(26)9-28-17-22-13-6-2-1-5-12(13)15(27)25(17)16-20-11-21-24-16/h1-2,5-6,11H,3-4,7-9H2,(H,23,26)(H,20,21,24). The molecule has 0 radical (unpaired) electrons. The van der Waals surface area contributed by atoms with Gasteiger partial charge in [-0.1, -0.05) is 23.9 Å². The van der Waals surface area contributed by atoms with E-state index >= 15 is 0 Å². The van der Waals surface area contributed by atoms with E-state index in [0.717, 1.165) is 24.6 Å². The van der Waals surface area contributed by atoms with Gasteiger partial charge in [-0.2, -0.15) is 15.3 Å². The van der Waals surface area contributed by atoms with Crippen LogP contribution in [-0.2, 0) is 4.79 Å². The maximum atomic E-state index is 12.9. The molecule has 2 N–H and O–H groups in total. The molecular formula is C18H17N7O2S. The Labute approximate surface area is 164 Å². The Morgan fingerprint density at radius 2 is 2.14 bits per heavy atom. The van der Waals surface area contributed by atoms with Crippen LogP contribution in [0.5, 0.6) is 0 Å². The van der Waals surface area contributed by atoms with Crippen LogP contribution >= 0.6 is 11.8 Å². The number of carbonyl (C=O) groups is 1. The minimum absolute atomic E-state index is 0.0301. The summed E-state index contributed by atoms with van der Waals surface area (Å²) in [4.78, 5) is 34.0. The van der Waals surface area contributed by atoms with Crippen molar-refractivity contribution in [3.63, 3.8) is 0 Å². The van der Waals surface area contributed by atoms with Gasteiger partial charge in [-0.15, -0.1) is 0 Å². The van der Waals surface area contributed by atoms with E-state index < -0.39 is 5.54 Å². The van der Waals surface area contributed by atoms with Gasteiger partial charge < -0.3 is 5.32 Å². The van der Waals surface area contributed by atoms with Crippen molar-refractivity contribution in [3.05, 3.63) is 40.9 Å². The molecule has 2 heterocycles. The lowest BCUT2D eigenvalue weighted by Gasteiger charge is -2.21. The average molecular weight is 395 g/mol. The first-order valence-electron chi connectivity index (χ1n) is 8.84. The van der Waals surface area contributed by atoms with Gasteiger partial charge in [0.25, 0.3) is 5.56 Å². The summed E-state index contributed by atoms with van der Waals surface area (Å²) in [7, 11) is 0. The van der Waals surface area contributed by atoms with Crippen LogP contribution in [0.4, 0.5) is 0 Å². The topological polar surface area (TPSA) is 129 Å². The second-order valence-corrected chi connectivity index (χ2v) is 7.54. The number of fused-ring (bicyclic) bond motifs is 1. The summed E-state index contributed by atoms with van der Waals surface area (Å²) < 4.78 is 1.31. The highest BCUT2D eigenvalue weighted by molar-refractivity contribution is 7.99. The minimum atomic E-state index is -0.779. The molecule has 1 aliphatic carbocycles. The number of para-hydroxylation sites is 1. The van der Waals surface area contributed by atoms with Crippen LogP contribution in [0.15, 0.2) is 40.5 Å². The lowest BCUT2D eigenvalue weighted by molar-refractivity contribution is -0.119. The Hall–Kier alpha value is -3.19. The molecule has 0 bridgehead atoms. The summed E-state index contributed by atoms with van der Waals surface area (Å²) in [5.74, 6) is -0.00191. The van der Waals surface area contributed by atoms with E-state index in [2.05, 4.69) is 31.6 Å². The van der Waals surface area contributed by atoms with E-state index in [-0.39, 0.29) is 23.2 Å². The lowest BCUT2D eigenvalue weighted by Crippen LogP contribution is -2.45. The SMILES string of the molecule is N#CC1(NC(=O)CSc2nc3ccccc3c(=O)n2-c2ncn[nH]2)CCCC1. The molecule has 0 saturated heterocycles. The summed E-state index contributed by atoms with van der Waals surface area (Å²) >= 11 is 1.12. The number of nitrogens with zero attached hydrogens (tertiary/aromatic N) is 5. The van der Waals surface area contributed by atoms with Gasteiger partial charge in [0.15, 0.2) is 5.16 Å². The number of H-pyrrole nitrogens is 1. The summed E-state index contributed by atoms with van der Waals surface area (Å²) in [5.41, 5.74) is -0.538. The average Bonchev–Trinajstić information content (AvgIpc) is 3.39. The zero-order valence-electron chi connectivity index (χ0n) is 14.9. The molecule has 1 fully saturated rings. The van der Waals surface area contributed by atoms with E-state index in [9.17, 15) is 14.9 Å². The number of hydrogen-bond acceptors (Lipinski definition) is 7. The van der Waals surface area contributed by atoms with Crippen molar-refractivity contribution in [1.82, 2.24) is 30.0 Å². The molecule has 10 heteroatoms. The number of aromatic amines is 1. The predicted octanol–water partition coefficient (Wildman–Crippen LogP) is 1.55. The van der Waals surface area contributed by atoms with E-state index in [1.165, 1.54) is 10.9 Å². The molecule has 1 aromatic carbocycles. The first-order valence-corrected chi connectivity index (χ1v) is 9.83. The molecule has 9 nitrogen and oxygen atoms in total. The zero-order chi connectivity index (χ0) is 19.6. The molecule has 1 amide bonds. The molecule has 142 valence electrons. The molecule has 1 saturated carbocycles. The smallest absolute Gasteiger partial charge is 0.269 e. The van der Waals surface area contributed by atoms with Crippen molar-refractivity contribution in [3.8, 4) is 12.0 Å². The largest absolute Gasteiger partial charge is 0.337 e. The quantitative estimate of drug-likeness (QED) is 0.495. The van der Waals surface area contributed by atoms with Gasteiger partial charge in [-0.05, 0) is 37.8 Å². The van der Waals surface area contributed by atoms with Gasteiger partial charge in [-0.3, -0.25) is 9.59 Å². The Kier molecular flexibility index (Phi) is 4.83. The van der Waals surface area contributed by atoms with Crippen molar-refractivity contribution < 1.29 is 4.79 Å². The number of benzene rings is 1. The molecule has 0 aliphatic heterocycles. The van der Waals surface area contributed by atoms with Crippen molar-refractivity contribution in [2.24, 2.45) is 0 Å². The zero-order valence-corrected chi connectivity index (χ0v) is 15.7. The Morgan fingerprint density at radius 3 is 2.86 bits per heavy atom. The van der Waals surface area contributed by atoms with Crippen molar-refractivity contribution >= 4 is 28.6 Å². The second-order valence-electron chi connectivity index (χ2n) is 6.60. The highest BCUT2D eigenvalue weighted by Gasteiger charge is 2.35. The maximum Gasteiger partial charge on any atom is 0.269 e. The highest BCUT2D eigenvalue weighted by Crippen LogP contribution is 2.29. The van der Waals surface area contributed by atoms with Gasteiger partial charge in [0.05, 0.1) is 22.7 Å². The van der Waals surface area contributed by atoms with E-state index in [1.54, 1.807) is 24.3 Å². The first kappa shape index (κ1) is 18.2. The second kappa shape index (κ2) is 7.44. The first-order chi connectivity index (χ1) is 13.6. The summed E-state index contributed by atoms with van der Waals surface area (Å²) in [5, 5.41) is 19.5. The fraction of sp³-hybridized carbons (Fsp3) is 0.333. The van der Waals surface area contributed by atoms with Gasteiger partial charge in [0.2, 0.25) is 11.9 Å². The van der Waals surface area contributed by atoms with E-state index in [0.29, 0.717) is 28.9 Å². The van der Waals surface area contributed by atoms with Crippen LogP contribution in [0.25, 0.3) is 16.9 Å². The third-order valence-corrected chi connectivity index (χ3v) is 5.68. The van der Waals surface area contributed by atoms with Crippen LogP contribution in [-0.4, -0.2) is 41.9 Å². The number of thioether (sulfide) groups is 1. The Bertz CT molecular complexity index is 1110. The van der Waals surface area contributed by atoms with Crippen molar-refractivity contribution in [2.45, 2.75) is 36.4 Å². The number of aromatic nitrogens is 5. The molecule has 3 aromatic rings. The Balaban J connectivity index is 1.63. The van der Waals surface area contributed by atoms with E-state index in [1.807, 2.05) is 0 Å². The summed E-state index contributed by atoms with van der Waals surface area (Å²) in [6, 6.07) is 9.23. The highest BCUT2D eigenvalue weighted by atomic mass is 32.2. The van der Waals surface area contributed by atoms with Crippen LogP contribution < -0.4 is 10.9 Å². The molecule has 0 unspecified atom stereocenters. The third kappa shape index (κ3) is 3.36. The number of nitrogens with one attached hydrogen (secondary N) is 2. The third-order valence-electron chi connectivity index (χ3n) is 4.74.